The Balaban J connectivity index is 2.43. The molecule has 0 bridgehead atoms. The molecule has 0 amide bonds. The molecule has 4 heteroatoms. The average Bonchev–Trinajstić information content (AvgIpc) is 2.32. The molecule has 0 aliphatic heterocycles. The van der Waals surface area contributed by atoms with Gasteiger partial charge in [0.25, 0.3) is 0 Å². The van der Waals surface area contributed by atoms with E-state index in [1.54, 1.807) is 6.07 Å². The first-order chi connectivity index (χ1) is 8.49. The summed E-state index contributed by atoms with van der Waals surface area (Å²) in [7, 11) is 0. The standard InChI is InChI=1S/C14H15ClN2O/c1-8-4-5-9(2)13(10(8)3)18-14-12(15)6-11(16)7-17-14/h4-7H,16H2,1-3H3. The third-order valence-electron chi connectivity index (χ3n) is 2.90. The Morgan fingerprint density at radius 2 is 1.83 bits per heavy atom. The highest BCUT2D eigenvalue weighted by molar-refractivity contribution is 6.32. The van der Waals surface area contributed by atoms with E-state index in [1.807, 2.05) is 26.8 Å². The first kappa shape index (κ1) is 12.7. The van der Waals surface area contributed by atoms with E-state index in [0.717, 1.165) is 16.9 Å². The van der Waals surface area contributed by atoms with E-state index >= 15 is 0 Å². The third-order valence-corrected chi connectivity index (χ3v) is 3.17. The number of halogens is 1. The SMILES string of the molecule is Cc1ccc(C)c(Oc2ncc(N)cc2Cl)c1C. The molecule has 0 aliphatic rings. The largest absolute Gasteiger partial charge is 0.437 e. The summed E-state index contributed by atoms with van der Waals surface area (Å²) in [4.78, 5) is 4.11. The van der Waals surface area contributed by atoms with Crippen LogP contribution in [0.2, 0.25) is 5.02 Å². The maximum absolute atomic E-state index is 6.06. The topological polar surface area (TPSA) is 48.1 Å². The molecule has 0 saturated heterocycles. The van der Waals surface area contributed by atoms with Crippen LogP contribution in [0.1, 0.15) is 16.7 Å². The highest BCUT2D eigenvalue weighted by Gasteiger charge is 2.11. The normalized spacial score (nSPS) is 10.4. The smallest absolute Gasteiger partial charge is 0.238 e. The second-order valence-electron chi connectivity index (χ2n) is 4.31. The highest BCUT2D eigenvalue weighted by Crippen LogP contribution is 2.33. The minimum atomic E-state index is 0.377. The van der Waals surface area contributed by atoms with Gasteiger partial charge in [0.1, 0.15) is 10.8 Å². The summed E-state index contributed by atoms with van der Waals surface area (Å²) in [6, 6.07) is 5.71. The zero-order valence-corrected chi connectivity index (χ0v) is 11.4. The first-order valence-electron chi connectivity index (χ1n) is 5.64. The Bertz CT molecular complexity index is 597. The van der Waals surface area contributed by atoms with Gasteiger partial charge >= 0.3 is 0 Å². The zero-order valence-electron chi connectivity index (χ0n) is 10.6. The fourth-order valence-electron chi connectivity index (χ4n) is 1.69. The molecule has 2 aromatic rings. The van der Waals surface area contributed by atoms with E-state index in [1.165, 1.54) is 11.8 Å². The van der Waals surface area contributed by atoms with Crippen molar-refractivity contribution < 1.29 is 4.74 Å². The molecule has 2 N–H and O–H groups in total. The number of aryl methyl sites for hydroxylation is 2. The maximum atomic E-state index is 6.06. The number of hydrogen-bond donors (Lipinski definition) is 1. The Labute approximate surface area is 112 Å². The molecular formula is C14H15ClN2O. The number of nitrogens with zero attached hydrogens (tertiary/aromatic N) is 1. The van der Waals surface area contributed by atoms with Gasteiger partial charge in [-0.3, -0.25) is 0 Å². The van der Waals surface area contributed by atoms with Gasteiger partial charge in [-0.1, -0.05) is 23.7 Å². The van der Waals surface area contributed by atoms with Gasteiger partial charge in [-0.25, -0.2) is 4.98 Å². The van der Waals surface area contributed by atoms with Gasteiger partial charge in [-0.05, 0) is 43.5 Å². The molecule has 1 aromatic carbocycles. The van der Waals surface area contributed by atoms with Crippen molar-refractivity contribution in [3.63, 3.8) is 0 Å². The number of nitrogen functional groups attached to an aromatic ring is 1. The Morgan fingerprint density at radius 3 is 2.50 bits per heavy atom. The monoisotopic (exact) mass is 262 g/mol. The number of benzene rings is 1. The number of pyridine rings is 1. The van der Waals surface area contributed by atoms with Crippen molar-refractivity contribution >= 4 is 17.3 Å². The summed E-state index contributed by atoms with van der Waals surface area (Å²) < 4.78 is 5.81. The number of ether oxygens (including phenoxy) is 1. The molecule has 1 aromatic heterocycles. The van der Waals surface area contributed by atoms with Gasteiger partial charge in [0.2, 0.25) is 5.88 Å². The van der Waals surface area contributed by atoms with Crippen molar-refractivity contribution in [2.75, 3.05) is 5.73 Å². The summed E-state index contributed by atoms with van der Waals surface area (Å²) >= 11 is 6.06. The van der Waals surface area contributed by atoms with Gasteiger partial charge in [-0.15, -0.1) is 0 Å². The summed E-state index contributed by atoms with van der Waals surface area (Å²) in [5, 5.41) is 0.412. The minimum absolute atomic E-state index is 0.377. The van der Waals surface area contributed by atoms with E-state index in [0.29, 0.717) is 16.6 Å². The fourth-order valence-corrected chi connectivity index (χ4v) is 1.91. The van der Waals surface area contributed by atoms with Gasteiger partial charge in [-0.2, -0.15) is 0 Å². The van der Waals surface area contributed by atoms with Crippen LogP contribution in [-0.4, -0.2) is 4.98 Å². The van der Waals surface area contributed by atoms with Crippen LogP contribution in [0.15, 0.2) is 24.4 Å². The van der Waals surface area contributed by atoms with Crippen LogP contribution >= 0.6 is 11.6 Å². The van der Waals surface area contributed by atoms with E-state index in [2.05, 4.69) is 11.1 Å². The quantitative estimate of drug-likeness (QED) is 0.889. The van der Waals surface area contributed by atoms with Crippen molar-refractivity contribution in [1.82, 2.24) is 4.98 Å². The van der Waals surface area contributed by atoms with Crippen LogP contribution in [0.3, 0.4) is 0 Å². The van der Waals surface area contributed by atoms with Gasteiger partial charge in [0.15, 0.2) is 0 Å². The van der Waals surface area contributed by atoms with Crippen molar-refractivity contribution in [2.24, 2.45) is 0 Å². The molecule has 2 rings (SSSR count). The summed E-state index contributed by atoms with van der Waals surface area (Å²) in [6.45, 7) is 6.05. The summed E-state index contributed by atoms with van der Waals surface area (Å²) in [5.74, 6) is 1.18. The highest BCUT2D eigenvalue weighted by atomic mass is 35.5. The van der Waals surface area contributed by atoms with Crippen LogP contribution in [0, 0.1) is 20.8 Å². The summed E-state index contributed by atoms with van der Waals surface area (Å²) in [5.41, 5.74) is 9.43. The number of rotatable bonds is 2. The minimum Gasteiger partial charge on any atom is -0.437 e. The predicted molar refractivity (Wildman–Crippen MR) is 74.4 cm³/mol. The van der Waals surface area contributed by atoms with Crippen LogP contribution in [0.4, 0.5) is 5.69 Å². The second kappa shape index (κ2) is 4.86. The fraction of sp³-hybridized carbons (Fsp3) is 0.214. The molecule has 0 spiro atoms. The van der Waals surface area contributed by atoms with Gasteiger partial charge < -0.3 is 10.5 Å². The molecule has 0 unspecified atom stereocenters. The number of nitrogens with two attached hydrogens (primary N) is 1. The summed E-state index contributed by atoms with van der Waals surface area (Å²) in [6.07, 6.45) is 1.53. The molecule has 0 atom stereocenters. The first-order valence-corrected chi connectivity index (χ1v) is 6.02. The van der Waals surface area contributed by atoms with Crippen molar-refractivity contribution in [3.8, 4) is 11.6 Å². The zero-order chi connectivity index (χ0) is 13.3. The van der Waals surface area contributed by atoms with Crippen molar-refractivity contribution in [2.45, 2.75) is 20.8 Å². The van der Waals surface area contributed by atoms with Gasteiger partial charge in [0.05, 0.1) is 11.9 Å². The Kier molecular flexibility index (Phi) is 3.43. The molecule has 0 radical (unpaired) electrons. The molecule has 1 heterocycles. The lowest BCUT2D eigenvalue weighted by Gasteiger charge is -2.13. The lowest BCUT2D eigenvalue weighted by atomic mass is 10.1. The van der Waals surface area contributed by atoms with Crippen molar-refractivity contribution in [1.29, 1.82) is 0 Å². The van der Waals surface area contributed by atoms with E-state index in [-0.39, 0.29) is 0 Å². The number of aromatic nitrogens is 1. The van der Waals surface area contributed by atoms with Crippen LogP contribution < -0.4 is 10.5 Å². The molecule has 0 saturated carbocycles. The molecule has 94 valence electrons. The average molecular weight is 263 g/mol. The lowest BCUT2D eigenvalue weighted by molar-refractivity contribution is 0.456. The molecule has 0 aliphatic carbocycles. The van der Waals surface area contributed by atoms with Crippen LogP contribution in [0.25, 0.3) is 0 Å². The van der Waals surface area contributed by atoms with Gasteiger partial charge in [0, 0.05) is 0 Å². The maximum Gasteiger partial charge on any atom is 0.238 e. The van der Waals surface area contributed by atoms with Crippen LogP contribution in [-0.2, 0) is 0 Å². The molecule has 0 fully saturated rings. The predicted octanol–water partition coefficient (Wildman–Crippen LogP) is 4.03. The lowest BCUT2D eigenvalue weighted by Crippen LogP contribution is -1.96. The second-order valence-corrected chi connectivity index (χ2v) is 4.72. The number of anilines is 1. The van der Waals surface area contributed by atoms with E-state index < -0.39 is 0 Å². The number of hydrogen-bond acceptors (Lipinski definition) is 3. The molecular weight excluding hydrogens is 248 g/mol. The van der Waals surface area contributed by atoms with E-state index in [9.17, 15) is 0 Å². The third kappa shape index (κ3) is 2.41. The van der Waals surface area contributed by atoms with Crippen molar-refractivity contribution in [3.05, 3.63) is 46.1 Å². The Morgan fingerprint density at radius 1 is 1.17 bits per heavy atom. The molecule has 3 nitrogen and oxygen atoms in total. The van der Waals surface area contributed by atoms with E-state index in [4.69, 9.17) is 22.1 Å². The Hall–Kier alpha value is -1.74. The molecule has 18 heavy (non-hydrogen) atoms. The van der Waals surface area contributed by atoms with Crippen LogP contribution in [0.5, 0.6) is 11.6 Å².